The van der Waals surface area contributed by atoms with Crippen LogP contribution < -0.4 is 0 Å². The zero-order valence-electron chi connectivity index (χ0n) is 16.5. The monoisotopic (exact) mass is 440 g/mol. The number of nitrogens with zero attached hydrogens (tertiary/aromatic N) is 3. The first kappa shape index (κ1) is 25.5. The van der Waals surface area contributed by atoms with Crippen LogP contribution in [0.1, 0.15) is 50.5 Å². The van der Waals surface area contributed by atoms with E-state index in [0.29, 0.717) is 0 Å². The van der Waals surface area contributed by atoms with Crippen LogP contribution in [0.2, 0.25) is 0 Å². The zero-order valence-corrected chi connectivity index (χ0v) is 18.5. The molecule has 1 aromatic rings. The fraction of sp³-hybridized carbons (Fsp3) is 0.636. The van der Waals surface area contributed by atoms with Crippen LogP contribution in [0.25, 0.3) is 16.0 Å². The van der Waals surface area contributed by atoms with Gasteiger partial charge in [-0.05, 0) is 6.92 Å². The van der Waals surface area contributed by atoms with E-state index in [2.05, 4.69) is 47.2 Å². The Kier molecular flexibility index (Phi) is 20.5. The summed E-state index contributed by atoms with van der Waals surface area (Å²) in [5.74, 6) is 0. The number of rotatable bonds is 0. The summed E-state index contributed by atoms with van der Waals surface area (Å²) >= 11 is 0. The molecule has 0 radical (unpaired) electrons. The maximum absolute atomic E-state index is 4.18. The van der Waals surface area contributed by atoms with Gasteiger partial charge >= 0.3 is 0 Å². The quantitative estimate of drug-likeness (QED) is 0.332. The van der Waals surface area contributed by atoms with Crippen molar-refractivity contribution in [2.45, 2.75) is 51.9 Å². The average Bonchev–Trinajstić information content (AvgIpc) is 2.74. The molecule has 26 heavy (non-hydrogen) atoms. The van der Waals surface area contributed by atoms with Crippen molar-refractivity contribution >= 4 is 0 Å². The van der Waals surface area contributed by atoms with Crippen molar-refractivity contribution < 1.29 is 21.1 Å². The Morgan fingerprint density at radius 3 is 1.31 bits per heavy atom. The van der Waals surface area contributed by atoms with E-state index >= 15 is 0 Å². The predicted molar refractivity (Wildman–Crippen MR) is 112 cm³/mol. The van der Waals surface area contributed by atoms with E-state index in [0.717, 1.165) is 45.7 Å². The molecule has 3 nitrogen and oxygen atoms in total. The minimum absolute atomic E-state index is 0. The molecule has 2 saturated heterocycles. The maximum Gasteiger partial charge on any atom is 0 e. The molecule has 2 fully saturated rings. The molecule has 0 unspecified atom stereocenters. The standard InChI is InChI=1S/C7H8.2C5H10N.C5H8N.Mo/c1-7-5-3-2-4-6-7;3*1-2-4-6-5-3-1;/h2-6H,1H3;2*1-5H2;1-2H,3-5H2;/q;3*-1;. The topological polar surface area (TPSA) is 42.3 Å². The molecule has 3 heterocycles. The Bertz CT molecular complexity index is 358. The van der Waals surface area contributed by atoms with Crippen molar-refractivity contribution in [3.63, 3.8) is 0 Å². The summed E-state index contributed by atoms with van der Waals surface area (Å²) in [6, 6.07) is 10.3. The van der Waals surface area contributed by atoms with E-state index in [-0.39, 0.29) is 21.1 Å². The van der Waals surface area contributed by atoms with E-state index in [1.165, 1.54) is 44.1 Å². The normalized spacial score (nSPS) is 18.3. The number of piperidine rings is 2. The maximum atomic E-state index is 4.18. The number of benzene rings is 1. The second kappa shape index (κ2) is 20.8. The van der Waals surface area contributed by atoms with Gasteiger partial charge in [0.2, 0.25) is 0 Å². The Labute approximate surface area is 176 Å². The number of hydrogen-bond donors (Lipinski definition) is 0. The Hall–Kier alpha value is -0.472. The summed E-state index contributed by atoms with van der Waals surface area (Å²) in [5, 5.41) is 12.4. The SMILES string of the molecule is C1=CC[N-]CC1.C1CC[N-]CC1.C1CC[N-]CC1.Cc1ccccc1.[Mo]. The molecular formula is C22H36MoN3-3. The van der Waals surface area contributed by atoms with Gasteiger partial charge in [-0.25, -0.2) is 0 Å². The van der Waals surface area contributed by atoms with Crippen molar-refractivity contribution in [2.24, 2.45) is 0 Å². The minimum Gasteiger partial charge on any atom is -0.662 e. The van der Waals surface area contributed by atoms with Gasteiger partial charge in [0, 0.05) is 21.1 Å². The molecule has 0 aromatic heterocycles. The van der Waals surface area contributed by atoms with E-state index in [1.54, 1.807) is 0 Å². The Balaban J connectivity index is 0.000000317. The summed E-state index contributed by atoms with van der Waals surface area (Å²) in [6.07, 6.45) is 13.6. The molecule has 0 N–H and O–H groups in total. The summed E-state index contributed by atoms with van der Waals surface area (Å²) in [5.41, 5.74) is 1.32. The molecule has 4 rings (SSSR count). The van der Waals surface area contributed by atoms with Crippen molar-refractivity contribution in [3.8, 4) is 0 Å². The first-order chi connectivity index (χ1) is 12.4. The molecule has 0 atom stereocenters. The number of hydrogen-bond acceptors (Lipinski definition) is 0. The second-order valence-corrected chi connectivity index (χ2v) is 6.51. The molecule has 0 amide bonds. The summed E-state index contributed by atoms with van der Waals surface area (Å²) in [4.78, 5) is 0. The van der Waals surface area contributed by atoms with Crippen LogP contribution in [-0.4, -0.2) is 39.3 Å². The molecule has 0 aliphatic carbocycles. The van der Waals surface area contributed by atoms with Crippen LogP contribution in [0.3, 0.4) is 0 Å². The third-order valence-electron chi connectivity index (χ3n) is 4.06. The zero-order chi connectivity index (χ0) is 17.8. The van der Waals surface area contributed by atoms with Crippen molar-refractivity contribution in [2.75, 3.05) is 39.3 Å². The molecule has 1 aromatic carbocycles. The molecule has 0 spiro atoms. The molecule has 3 aliphatic heterocycles. The third kappa shape index (κ3) is 18.3. The molecule has 148 valence electrons. The van der Waals surface area contributed by atoms with Crippen LogP contribution in [0.4, 0.5) is 0 Å². The van der Waals surface area contributed by atoms with Gasteiger partial charge in [-0.3, -0.25) is 0 Å². The molecular weight excluding hydrogens is 402 g/mol. The van der Waals surface area contributed by atoms with Crippen LogP contribution in [-0.2, 0) is 21.1 Å². The first-order valence-electron chi connectivity index (χ1n) is 9.96. The fourth-order valence-corrected chi connectivity index (χ4v) is 2.53. The summed E-state index contributed by atoms with van der Waals surface area (Å²) in [7, 11) is 0. The van der Waals surface area contributed by atoms with Gasteiger partial charge in [-0.2, -0.15) is 0 Å². The smallest absolute Gasteiger partial charge is 0 e. The van der Waals surface area contributed by atoms with E-state index in [4.69, 9.17) is 0 Å². The van der Waals surface area contributed by atoms with Crippen LogP contribution in [0.5, 0.6) is 0 Å². The van der Waals surface area contributed by atoms with Gasteiger partial charge in [0.1, 0.15) is 0 Å². The van der Waals surface area contributed by atoms with Crippen molar-refractivity contribution in [3.05, 3.63) is 64.0 Å². The molecule has 0 saturated carbocycles. The molecule has 3 aliphatic rings. The van der Waals surface area contributed by atoms with E-state index < -0.39 is 0 Å². The Morgan fingerprint density at radius 2 is 1.15 bits per heavy atom. The molecule has 0 bridgehead atoms. The second-order valence-electron chi connectivity index (χ2n) is 6.51. The van der Waals surface area contributed by atoms with Crippen LogP contribution >= 0.6 is 0 Å². The van der Waals surface area contributed by atoms with Gasteiger partial charge in [-0.1, -0.05) is 86.9 Å². The minimum atomic E-state index is 0. The van der Waals surface area contributed by atoms with Gasteiger partial charge in [0.05, 0.1) is 0 Å². The fourth-order valence-electron chi connectivity index (χ4n) is 2.53. The first-order valence-corrected chi connectivity index (χ1v) is 9.96. The predicted octanol–water partition coefficient (Wildman–Crippen LogP) is 6.40. The van der Waals surface area contributed by atoms with E-state index in [9.17, 15) is 0 Å². The van der Waals surface area contributed by atoms with E-state index in [1.807, 2.05) is 18.2 Å². The van der Waals surface area contributed by atoms with Gasteiger partial charge < -0.3 is 16.0 Å². The largest absolute Gasteiger partial charge is 0.662 e. The summed E-state index contributed by atoms with van der Waals surface area (Å²) in [6.45, 7) is 8.57. The van der Waals surface area contributed by atoms with Gasteiger partial charge in [0.25, 0.3) is 0 Å². The van der Waals surface area contributed by atoms with Crippen molar-refractivity contribution in [1.29, 1.82) is 0 Å². The van der Waals surface area contributed by atoms with Gasteiger partial charge in [-0.15, -0.1) is 45.3 Å². The summed E-state index contributed by atoms with van der Waals surface area (Å²) < 4.78 is 0. The van der Waals surface area contributed by atoms with Crippen LogP contribution in [0.15, 0.2) is 42.5 Å². The number of aryl methyl sites for hydroxylation is 1. The Morgan fingerprint density at radius 1 is 0.615 bits per heavy atom. The van der Waals surface area contributed by atoms with Gasteiger partial charge in [0.15, 0.2) is 0 Å². The average molecular weight is 438 g/mol. The third-order valence-corrected chi connectivity index (χ3v) is 4.06. The molecule has 4 heteroatoms. The van der Waals surface area contributed by atoms with Crippen LogP contribution in [0, 0.1) is 6.92 Å². The van der Waals surface area contributed by atoms with Crippen molar-refractivity contribution in [1.82, 2.24) is 0 Å².